The number of fused-ring (bicyclic) bond motifs is 1. The quantitative estimate of drug-likeness (QED) is 0.797. The SMILES string of the molecule is Nc1ccc2nc(N3CCC[C@H](CO)C3)cnc2c1. The van der Waals surface area contributed by atoms with E-state index in [9.17, 15) is 5.11 Å². The van der Waals surface area contributed by atoms with Crippen LogP contribution in [0.15, 0.2) is 24.4 Å². The highest BCUT2D eigenvalue weighted by Crippen LogP contribution is 2.23. The van der Waals surface area contributed by atoms with Gasteiger partial charge in [-0.05, 0) is 37.0 Å². The van der Waals surface area contributed by atoms with E-state index in [0.717, 1.165) is 42.8 Å². The molecule has 1 fully saturated rings. The van der Waals surface area contributed by atoms with Gasteiger partial charge in [0.15, 0.2) is 0 Å². The van der Waals surface area contributed by atoms with Gasteiger partial charge in [0.2, 0.25) is 0 Å². The minimum Gasteiger partial charge on any atom is -0.399 e. The highest BCUT2D eigenvalue weighted by atomic mass is 16.3. The zero-order valence-corrected chi connectivity index (χ0v) is 10.8. The van der Waals surface area contributed by atoms with Crippen LogP contribution in [0.2, 0.25) is 0 Å². The Morgan fingerprint density at radius 1 is 1.37 bits per heavy atom. The van der Waals surface area contributed by atoms with Gasteiger partial charge in [-0.1, -0.05) is 0 Å². The first-order valence-corrected chi connectivity index (χ1v) is 6.64. The second-order valence-corrected chi connectivity index (χ2v) is 5.11. The molecule has 5 nitrogen and oxygen atoms in total. The normalized spacial score (nSPS) is 19.8. The van der Waals surface area contributed by atoms with E-state index < -0.39 is 0 Å². The van der Waals surface area contributed by atoms with Crippen molar-refractivity contribution in [3.63, 3.8) is 0 Å². The molecule has 1 aromatic heterocycles. The smallest absolute Gasteiger partial charge is 0.147 e. The number of anilines is 2. The predicted octanol–water partition coefficient (Wildman–Crippen LogP) is 1.42. The van der Waals surface area contributed by atoms with E-state index in [1.54, 1.807) is 6.20 Å². The van der Waals surface area contributed by atoms with E-state index in [2.05, 4.69) is 14.9 Å². The van der Waals surface area contributed by atoms with Crippen LogP contribution in [-0.2, 0) is 0 Å². The van der Waals surface area contributed by atoms with Gasteiger partial charge in [-0.15, -0.1) is 0 Å². The summed E-state index contributed by atoms with van der Waals surface area (Å²) in [5, 5.41) is 9.28. The summed E-state index contributed by atoms with van der Waals surface area (Å²) in [6.07, 6.45) is 3.97. The van der Waals surface area contributed by atoms with Crippen LogP contribution in [0.25, 0.3) is 11.0 Å². The lowest BCUT2D eigenvalue weighted by molar-refractivity contribution is 0.208. The van der Waals surface area contributed by atoms with Gasteiger partial charge in [0, 0.05) is 25.4 Å². The summed E-state index contributed by atoms with van der Waals surface area (Å²) in [7, 11) is 0. The monoisotopic (exact) mass is 258 g/mol. The Bertz CT molecular complexity index is 587. The third kappa shape index (κ3) is 2.46. The number of aromatic nitrogens is 2. The summed E-state index contributed by atoms with van der Waals surface area (Å²) in [5.41, 5.74) is 8.11. The van der Waals surface area contributed by atoms with Crippen LogP contribution in [0.1, 0.15) is 12.8 Å². The molecule has 1 aromatic carbocycles. The maximum absolute atomic E-state index is 9.28. The minimum absolute atomic E-state index is 0.244. The number of hydrogen-bond acceptors (Lipinski definition) is 5. The van der Waals surface area contributed by atoms with Gasteiger partial charge in [-0.2, -0.15) is 0 Å². The zero-order chi connectivity index (χ0) is 13.2. The topological polar surface area (TPSA) is 75.3 Å². The average Bonchev–Trinajstić information content (AvgIpc) is 2.46. The Kier molecular flexibility index (Phi) is 3.21. The van der Waals surface area contributed by atoms with E-state index in [0.29, 0.717) is 11.6 Å². The number of hydrogen-bond donors (Lipinski definition) is 2. The van der Waals surface area contributed by atoms with E-state index >= 15 is 0 Å². The Morgan fingerprint density at radius 2 is 2.26 bits per heavy atom. The largest absolute Gasteiger partial charge is 0.399 e. The third-order valence-electron chi connectivity index (χ3n) is 3.65. The third-order valence-corrected chi connectivity index (χ3v) is 3.65. The molecule has 19 heavy (non-hydrogen) atoms. The van der Waals surface area contributed by atoms with Gasteiger partial charge in [0.25, 0.3) is 0 Å². The fraction of sp³-hybridized carbons (Fsp3) is 0.429. The van der Waals surface area contributed by atoms with Crippen molar-refractivity contribution in [3.8, 4) is 0 Å². The molecule has 1 atom stereocenters. The number of rotatable bonds is 2. The number of benzene rings is 1. The second kappa shape index (κ2) is 5.01. The lowest BCUT2D eigenvalue weighted by Crippen LogP contribution is -2.37. The number of aliphatic hydroxyl groups excluding tert-OH is 1. The average molecular weight is 258 g/mol. The van der Waals surface area contributed by atoms with Gasteiger partial charge in [-0.3, -0.25) is 4.98 Å². The van der Waals surface area contributed by atoms with Gasteiger partial charge < -0.3 is 15.7 Å². The molecule has 100 valence electrons. The van der Waals surface area contributed by atoms with E-state index in [1.165, 1.54) is 0 Å². The molecule has 2 heterocycles. The summed E-state index contributed by atoms with van der Waals surface area (Å²) in [5.74, 6) is 1.23. The summed E-state index contributed by atoms with van der Waals surface area (Å²) in [4.78, 5) is 11.3. The lowest BCUT2D eigenvalue weighted by atomic mass is 9.99. The molecule has 3 N–H and O–H groups in total. The van der Waals surface area contributed by atoms with E-state index in [4.69, 9.17) is 5.73 Å². The predicted molar refractivity (Wildman–Crippen MR) is 76.0 cm³/mol. The summed E-state index contributed by atoms with van der Waals surface area (Å²) in [6, 6.07) is 5.57. The first kappa shape index (κ1) is 12.2. The molecule has 5 heteroatoms. The maximum atomic E-state index is 9.28. The lowest BCUT2D eigenvalue weighted by Gasteiger charge is -2.32. The number of piperidine rings is 1. The number of nitrogens with zero attached hydrogens (tertiary/aromatic N) is 3. The van der Waals surface area contributed by atoms with Crippen molar-refractivity contribution in [1.82, 2.24) is 9.97 Å². The molecule has 1 saturated heterocycles. The van der Waals surface area contributed by atoms with Crippen molar-refractivity contribution in [1.29, 1.82) is 0 Å². The Hall–Kier alpha value is -1.88. The molecule has 1 aliphatic rings. The summed E-state index contributed by atoms with van der Waals surface area (Å²) in [6.45, 7) is 2.07. The fourth-order valence-electron chi connectivity index (χ4n) is 2.59. The van der Waals surface area contributed by atoms with Crippen molar-refractivity contribution in [2.45, 2.75) is 12.8 Å². The van der Waals surface area contributed by atoms with Gasteiger partial charge >= 0.3 is 0 Å². The van der Waals surface area contributed by atoms with Gasteiger partial charge in [0.1, 0.15) is 5.82 Å². The number of nitrogen functional groups attached to an aromatic ring is 1. The van der Waals surface area contributed by atoms with E-state index in [-0.39, 0.29) is 6.61 Å². The summed E-state index contributed by atoms with van der Waals surface area (Å²) < 4.78 is 0. The van der Waals surface area contributed by atoms with Crippen molar-refractivity contribution in [2.75, 3.05) is 30.3 Å². The van der Waals surface area contributed by atoms with Gasteiger partial charge in [0.05, 0.1) is 17.2 Å². The van der Waals surface area contributed by atoms with Crippen molar-refractivity contribution >= 4 is 22.5 Å². The molecule has 2 aromatic rings. The highest BCUT2D eigenvalue weighted by Gasteiger charge is 2.20. The standard InChI is InChI=1S/C14H18N4O/c15-11-3-4-12-13(6-11)16-7-14(17-12)18-5-1-2-10(8-18)9-19/h3-4,6-7,10,19H,1-2,5,8-9,15H2/t10-/m0/s1. The van der Waals surface area contributed by atoms with E-state index in [1.807, 2.05) is 18.2 Å². The first-order chi connectivity index (χ1) is 9.26. The molecular weight excluding hydrogens is 240 g/mol. The number of nitrogens with two attached hydrogens (primary N) is 1. The van der Waals surface area contributed by atoms with Crippen LogP contribution in [0.3, 0.4) is 0 Å². The molecule has 3 rings (SSSR count). The fourth-order valence-corrected chi connectivity index (χ4v) is 2.59. The molecule has 0 spiro atoms. The molecule has 0 amide bonds. The number of aliphatic hydroxyl groups is 1. The van der Waals surface area contributed by atoms with Gasteiger partial charge in [-0.25, -0.2) is 4.98 Å². The molecule has 0 aliphatic carbocycles. The Morgan fingerprint density at radius 3 is 3.11 bits per heavy atom. The van der Waals surface area contributed by atoms with Crippen LogP contribution in [0.4, 0.5) is 11.5 Å². The van der Waals surface area contributed by atoms with Crippen LogP contribution in [0, 0.1) is 5.92 Å². The van der Waals surface area contributed by atoms with Crippen molar-refractivity contribution in [2.24, 2.45) is 5.92 Å². The molecule has 0 radical (unpaired) electrons. The maximum Gasteiger partial charge on any atom is 0.147 e. The zero-order valence-electron chi connectivity index (χ0n) is 10.8. The molecule has 1 aliphatic heterocycles. The van der Waals surface area contributed by atoms with Crippen LogP contribution < -0.4 is 10.6 Å². The summed E-state index contributed by atoms with van der Waals surface area (Å²) >= 11 is 0. The van der Waals surface area contributed by atoms with Crippen LogP contribution in [0.5, 0.6) is 0 Å². The second-order valence-electron chi connectivity index (χ2n) is 5.11. The Labute approximate surface area is 112 Å². The first-order valence-electron chi connectivity index (χ1n) is 6.64. The molecule has 0 unspecified atom stereocenters. The van der Waals surface area contributed by atoms with Crippen LogP contribution >= 0.6 is 0 Å². The molecular formula is C14H18N4O. The highest BCUT2D eigenvalue weighted by molar-refractivity contribution is 5.79. The Balaban J connectivity index is 1.90. The van der Waals surface area contributed by atoms with Crippen LogP contribution in [-0.4, -0.2) is 34.8 Å². The minimum atomic E-state index is 0.244. The van der Waals surface area contributed by atoms with Crippen molar-refractivity contribution < 1.29 is 5.11 Å². The molecule has 0 saturated carbocycles. The van der Waals surface area contributed by atoms with Crippen molar-refractivity contribution in [3.05, 3.63) is 24.4 Å². The molecule has 0 bridgehead atoms.